The maximum atomic E-state index is 12.6. The molecule has 2 N–H and O–H groups in total. The number of hydrogen-bond acceptors (Lipinski definition) is 4. The number of nitrogens with zero attached hydrogens (tertiary/aromatic N) is 1. The van der Waals surface area contributed by atoms with Crippen molar-refractivity contribution in [2.45, 2.75) is 51.1 Å². The van der Waals surface area contributed by atoms with Gasteiger partial charge in [-0.2, -0.15) is 0 Å². The Morgan fingerprint density at radius 1 is 1.26 bits per heavy atom. The second-order valence-corrected chi connectivity index (χ2v) is 7.68. The Labute approximate surface area is 161 Å². The van der Waals surface area contributed by atoms with E-state index in [1.54, 1.807) is 0 Å². The lowest BCUT2D eigenvalue weighted by atomic mass is 9.95. The minimum atomic E-state index is -0.0945. The number of carbonyl (C=O) groups excluding carboxylic acids is 2. The predicted molar refractivity (Wildman–Crippen MR) is 104 cm³/mol. The molecule has 6 heteroatoms. The fourth-order valence-electron chi connectivity index (χ4n) is 3.93. The largest absolute Gasteiger partial charge is 0.493 e. The van der Waals surface area contributed by atoms with Gasteiger partial charge in [-0.3, -0.25) is 9.59 Å². The predicted octanol–water partition coefficient (Wildman–Crippen LogP) is 1.95. The molecule has 0 spiro atoms. The van der Waals surface area contributed by atoms with Crippen molar-refractivity contribution in [1.82, 2.24) is 15.5 Å². The summed E-state index contributed by atoms with van der Waals surface area (Å²) in [7, 11) is 0. The molecule has 2 heterocycles. The first-order valence-electron chi connectivity index (χ1n) is 10.1. The number of ether oxygens (including phenoxy) is 1. The molecule has 0 radical (unpaired) electrons. The van der Waals surface area contributed by atoms with Crippen LogP contribution in [-0.2, 0) is 9.59 Å². The first-order valence-corrected chi connectivity index (χ1v) is 10.1. The summed E-state index contributed by atoms with van der Waals surface area (Å²) in [5, 5.41) is 6.60. The van der Waals surface area contributed by atoms with Crippen LogP contribution in [0.3, 0.4) is 0 Å². The van der Waals surface area contributed by atoms with Gasteiger partial charge in [-0.25, -0.2) is 0 Å². The van der Waals surface area contributed by atoms with Crippen LogP contribution in [0.5, 0.6) is 5.75 Å². The highest BCUT2D eigenvalue weighted by molar-refractivity contribution is 5.81. The molecule has 0 saturated carbocycles. The zero-order valence-electron chi connectivity index (χ0n) is 16.2. The summed E-state index contributed by atoms with van der Waals surface area (Å²) in [6, 6.07) is 10.2. The number of amides is 2. The highest BCUT2D eigenvalue weighted by Crippen LogP contribution is 2.19. The Hall–Kier alpha value is -2.08. The van der Waals surface area contributed by atoms with Crippen LogP contribution in [0.25, 0.3) is 0 Å². The van der Waals surface area contributed by atoms with Crippen LogP contribution >= 0.6 is 0 Å². The van der Waals surface area contributed by atoms with Gasteiger partial charge >= 0.3 is 0 Å². The van der Waals surface area contributed by atoms with E-state index in [0.717, 1.165) is 44.5 Å². The molecule has 0 bridgehead atoms. The van der Waals surface area contributed by atoms with E-state index in [1.807, 2.05) is 35.2 Å². The molecule has 2 aliphatic rings. The number of nitrogens with one attached hydrogen (secondary N) is 2. The summed E-state index contributed by atoms with van der Waals surface area (Å²) in [5.41, 5.74) is 0. The molecular weight excluding hydrogens is 342 g/mol. The average Bonchev–Trinajstić information content (AvgIpc) is 2.69. The van der Waals surface area contributed by atoms with Gasteiger partial charge in [0, 0.05) is 25.2 Å². The smallest absolute Gasteiger partial charge is 0.226 e. The Morgan fingerprint density at radius 2 is 2.07 bits per heavy atom. The van der Waals surface area contributed by atoms with E-state index in [1.165, 1.54) is 0 Å². The van der Waals surface area contributed by atoms with Gasteiger partial charge in [0.1, 0.15) is 5.75 Å². The topological polar surface area (TPSA) is 70.7 Å². The van der Waals surface area contributed by atoms with E-state index in [-0.39, 0.29) is 23.8 Å². The lowest BCUT2D eigenvalue weighted by Gasteiger charge is -2.34. The van der Waals surface area contributed by atoms with Crippen LogP contribution < -0.4 is 15.4 Å². The third-order valence-corrected chi connectivity index (χ3v) is 5.44. The number of hydrogen-bond donors (Lipinski definition) is 2. The van der Waals surface area contributed by atoms with Gasteiger partial charge in [0.05, 0.1) is 18.9 Å². The number of para-hydroxylation sites is 1. The number of likely N-dealkylation sites (tertiary alicyclic amines) is 1. The summed E-state index contributed by atoms with van der Waals surface area (Å²) in [6.45, 7) is 4.72. The van der Waals surface area contributed by atoms with Gasteiger partial charge < -0.3 is 20.3 Å². The highest BCUT2D eigenvalue weighted by Gasteiger charge is 2.30. The van der Waals surface area contributed by atoms with Crippen molar-refractivity contribution < 1.29 is 14.3 Å². The van der Waals surface area contributed by atoms with E-state index in [9.17, 15) is 9.59 Å². The maximum absolute atomic E-state index is 12.6. The quantitative estimate of drug-likeness (QED) is 0.800. The minimum absolute atomic E-state index is 0.0684. The Morgan fingerprint density at radius 3 is 2.85 bits per heavy atom. The van der Waals surface area contributed by atoms with Crippen molar-refractivity contribution in [3.63, 3.8) is 0 Å². The number of rotatable bonds is 6. The van der Waals surface area contributed by atoms with E-state index in [0.29, 0.717) is 25.6 Å². The van der Waals surface area contributed by atoms with Crippen LogP contribution in [0.15, 0.2) is 30.3 Å². The Kier molecular flexibility index (Phi) is 7.10. The summed E-state index contributed by atoms with van der Waals surface area (Å²) in [6.07, 6.45) is 4.03. The fourth-order valence-corrected chi connectivity index (χ4v) is 3.93. The zero-order chi connectivity index (χ0) is 19.1. The van der Waals surface area contributed by atoms with Crippen molar-refractivity contribution in [2.24, 2.45) is 5.92 Å². The number of piperidine rings is 2. The van der Waals surface area contributed by atoms with Gasteiger partial charge in [-0.15, -0.1) is 0 Å². The van der Waals surface area contributed by atoms with Gasteiger partial charge in [0.2, 0.25) is 11.8 Å². The van der Waals surface area contributed by atoms with Gasteiger partial charge in [0.25, 0.3) is 0 Å². The third kappa shape index (κ3) is 5.96. The lowest BCUT2D eigenvalue weighted by Crippen LogP contribution is -2.51. The molecule has 6 nitrogen and oxygen atoms in total. The van der Waals surface area contributed by atoms with Crippen LogP contribution in [0.4, 0.5) is 0 Å². The molecule has 27 heavy (non-hydrogen) atoms. The minimum Gasteiger partial charge on any atom is -0.493 e. The second-order valence-electron chi connectivity index (χ2n) is 7.68. The molecule has 0 aliphatic carbocycles. The first kappa shape index (κ1) is 19.7. The molecule has 2 fully saturated rings. The summed E-state index contributed by atoms with van der Waals surface area (Å²) < 4.78 is 5.62. The number of carbonyl (C=O) groups is 2. The molecule has 1 aromatic carbocycles. The maximum Gasteiger partial charge on any atom is 0.226 e. The zero-order valence-corrected chi connectivity index (χ0v) is 16.2. The summed E-state index contributed by atoms with van der Waals surface area (Å²) in [4.78, 5) is 27.0. The summed E-state index contributed by atoms with van der Waals surface area (Å²) >= 11 is 0. The lowest BCUT2D eigenvalue weighted by molar-refractivity contribution is -0.136. The Bertz CT molecular complexity index is 622. The van der Waals surface area contributed by atoms with E-state index >= 15 is 0 Å². The summed E-state index contributed by atoms with van der Waals surface area (Å²) in [5.74, 6) is 0.853. The molecule has 0 aromatic heterocycles. The molecule has 3 atom stereocenters. The highest BCUT2D eigenvalue weighted by atomic mass is 16.5. The van der Waals surface area contributed by atoms with Crippen molar-refractivity contribution in [3.05, 3.63) is 30.3 Å². The van der Waals surface area contributed by atoms with Crippen LogP contribution in [-0.4, -0.2) is 55.0 Å². The molecule has 2 amide bonds. The molecule has 3 unspecified atom stereocenters. The number of benzene rings is 1. The van der Waals surface area contributed by atoms with Crippen molar-refractivity contribution in [3.8, 4) is 5.75 Å². The average molecular weight is 373 g/mol. The monoisotopic (exact) mass is 373 g/mol. The molecule has 1 aromatic rings. The van der Waals surface area contributed by atoms with Crippen molar-refractivity contribution in [2.75, 3.05) is 26.2 Å². The third-order valence-electron chi connectivity index (χ3n) is 5.44. The molecule has 2 saturated heterocycles. The van der Waals surface area contributed by atoms with Gasteiger partial charge in [0.15, 0.2) is 0 Å². The molecule has 2 aliphatic heterocycles. The molecule has 148 valence electrons. The SMILES string of the molecule is CC1CC(NC(=O)C2CCCN(C(=O)CCOc3ccccc3)C2)CCN1. The van der Waals surface area contributed by atoms with Crippen LogP contribution in [0.1, 0.15) is 39.0 Å². The van der Waals surface area contributed by atoms with E-state index in [2.05, 4.69) is 17.6 Å². The van der Waals surface area contributed by atoms with Crippen molar-refractivity contribution >= 4 is 11.8 Å². The van der Waals surface area contributed by atoms with Crippen molar-refractivity contribution in [1.29, 1.82) is 0 Å². The van der Waals surface area contributed by atoms with Gasteiger partial charge in [-0.1, -0.05) is 18.2 Å². The molecule has 3 rings (SSSR count). The first-order chi connectivity index (χ1) is 13.1. The Balaban J connectivity index is 1.42. The normalized spacial score (nSPS) is 25.7. The van der Waals surface area contributed by atoms with Crippen LogP contribution in [0, 0.1) is 5.92 Å². The van der Waals surface area contributed by atoms with Crippen LogP contribution in [0.2, 0.25) is 0 Å². The second kappa shape index (κ2) is 9.74. The standard InChI is InChI=1S/C21H31N3O3/c1-16-14-18(9-11-22-16)23-21(26)17-6-5-12-24(15-17)20(25)10-13-27-19-7-3-2-4-8-19/h2-4,7-8,16-18,22H,5-6,9-15H2,1H3,(H,23,26). The van der Waals surface area contributed by atoms with E-state index < -0.39 is 0 Å². The molecular formula is C21H31N3O3. The fraction of sp³-hybridized carbons (Fsp3) is 0.619. The van der Waals surface area contributed by atoms with Gasteiger partial charge in [-0.05, 0) is 51.3 Å². The van der Waals surface area contributed by atoms with E-state index in [4.69, 9.17) is 4.74 Å².